The fourth-order valence-electron chi connectivity index (χ4n) is 1.83. The van der Waals surface area contributed by atoms with Crippen molar-refractivity contribution in [3.8, 4) is 0 Å². The van der Waals surface area contributed by atoms with Gasteiger partial charge in [-0.05, 0) is 6.42 Å². The van der Waals surface area contributed by atoms with Crippen molar-refractivity contribution < 1.29 is 9.90 Å². The van der Waals surface area contributed by atoms with E-state index in [1.807, 2.05) is 0 Å². The highest BCUT2D eigenvalue weighted by molar-refractivity contribution is 6.03. The molecule has 6 nitrogen and oxygen atoms in total. The van der Waals surface area contributed by atoms with Gasteiger partial charge in [-0.2, -0.15) is 5.10 Å². The Balaban J connectivity index is 2.48. The molecule has 0 aliphatic carbocycles. The van der Waals surface area contributed by atoms with E-state index in [4.69, 9.17) is 0 Å². The Bertz CT molecular complexity index is 577. The number of hydrogen-bond donors (Lipinski definition) is 2. The van der Waals surface area contributed by atoms with E-state index in [2.05, 4.69) is 22.3 Å². The van der Waals surface area contributed by atoms with E-state index in [-0.39, 0.29) is 5.56 Å². The summed E-state index contributed by atoms with van der Waals surface area (Å²) in [5.41, 5.74) is 1.35. The minimum Gasteiger partial charge on any atom is -0.478 e. The third-order valence-corrected chi connectivity index (χ3v) is 2.73. The van der Waals surface area contributed by atoms with Crippen molar-refractivity contribution >= 4 is 22.7 Å². The van der Waals surface area contributed by atoms with Crippen LogP contribution in [-0.2, 0) is 7.05 Å². The minimum atomic E-state index is -0.979. The molecule has 0 amide bonds. The molecule has 0 aromatic carbocycles. The molecule has 0 radical (unpaired) electrons. The summed E-state index contributed by atoms with van der Waals surface area (Å²) in [5.74, 6) is -0.979. The molecule has 2 aromatic rings. The smallest absolute Gasteiger partial charge is 0.339 e. The van der Waals surface area contributed by atoms with Crippen LogP contribution in [0.25, 0.3) is 11.0 Å². The number of carbonyl (C=O) groups is 1. The molecule has 0 fully saturated rings. The topological polar surface area (TPSA) is 80.0 Å². The largest absolute Gasteiger partial charge is 0.478 e. The summed E-state index contributed by atoms with van der Waals surface area (Å²) in [4.78, 5) is 15.3. The number of aromatic carboxylic acids is 1. The van der Waals surface area contributed by atoms with E-state index < -0.39 is 5.97 Å². The SMILES string of the molecule is CCCCNc1c(C(=O)O)cnc2nn(C)cc12. The van der Waals surface area contributed by atoms with E-state index in [9.17, 15) is 9.90 Å². The third-order valence-electron chi connectivity index (χ3n) is 2.73. The van der Waals surface area contributed by atoms with Gasteiger partial charge in [-0.25, -0.2) is 9.78 Å². The van der Waals surface area contributed by atoms with Gasteiger partial charge >= 0.3 is 5.97 Å². The molecule has 2 heterocycles. The Morgan fingerprint density at radius 3 is 3.00 bits per heavy atom. The first kappa shape index (κ1) is 12.3. The molecule has 18 heavy (non-hydrogen) atoms. The van der Waals surface area contributed by atoms with Gasteiger partial charge in [0.25, 0.3) is 0 Å². The Morgan fingerprint density at radius 2 is 2.33 bits per heavy atom. The van der Waals surface area contributed by atoms with Crippen LogP contribution in [0.15, 0.2) is 12.4 Å². The van der Waals surface area contributed by atoms with Gasteiger partial charge in [-0.15, -0.1) is 0 Å². The number of pyridine rings is 1. The highest BCUT2D eigenvalue weighted by atomic mass is 16.4. The maximum atomic E-state index is 11.2. The van der Waals surface area contributed by atoms with E-state index in [0.29, 0.717) is 11.3 Å². The van der Waals surface area contributed by atoms with E-state index in [1.54, 1.807) is 17.9 Å². The summed E-state index contributed by atoms with van der Waals surface area (Å²) in [5, 5.41) is 17.3. The van der Waals surface area contributed by atoms with Crippen LogP contribution in [0.5, 0.6) is 0 Å². The van der Waals surface area contributed by atoms with Crippen molar-refractivity contribution in [2.75, 3.05) is 11.9 Å². The molecule has 96 valence electrons. The number of anilines is 1. The predicted molar refractivity (Wildman–Crippen MR) is 68.9 cm³/mol. The van der Waals surface area contributed by atoms with Crippen molar-refractivity contribution in [1.82, 2.24) is 14.8 Å². The van der Waals surface area contributed by atoms with Gasteiger partial charge in [-0.1, -0.05) is 13.3 Å². The number of carboxylic acids is 1. The molecule has 2 rings (SSSR count). The van der Waals surface area contributed by atoms with Gasteiger partial charge in [0, 0.05) is 26.0 Å². The lowest BCUT2D eigenvalue weighted by molar-refractivity contribution is 0.0697. The second-order valence-electron chi connectivity index (χ2n) is 4.17. The number of rotatable bonds is 5. The third kappa shape index (κ3) is 2.27. The molecule has 0 aliphatic heterocycles. The quantitative estimate of drug-likeness (QED) is 0.790. The maximum Gasteiger partial charge on any atom is 0.339 e. The van der Waals surface area contributed by atoms with Crippen LogP contribution >= 0.6 is 0 Å². The van der Waals surface area contributed by atoms with Gasteiger partial charge in [0.05, 0.1) is 11.1 Å². The molecule has 0 atom stereocenters. The van der Waals surface area contributed by atoms with Crippen molar-refractivity contribution in [1.29, 1.82) is 0 Å². The molecule has 0 aliphatic rings. The first-order valence-electron chi connectivity index (χ1n) is 5.93. The Morgan fingerprint density at radius 1 is 1.56 bits per heavy atom. The lowest BCUT2D eigenvalue weighted by Crippen LogP contribution is -2.08. The van der Waals surface area contributed by atoms with Crippen LogP contribution in [0, 0.1) is 0 Å². The van der Waals surface area contributed by atoms with Crippen LogP contribution in [0.2, 0.25) is 0 Å². The van der Waals surface area contributed by atoms with Crippen LogP contribution in [0.3, 0.4) is 0 Å². The van der Waals surface area contributed by atoms with Crippen LogP contribution < -0.4 is 5.32 Å². The Kier molecular flexibility index (Phi) is 3.45. The molecule has 0 unspecified atom stereocenters. The predicted octanol–water partition coefficient (Wildman–Crippen LogP) is 1.88. The summed E-state index contributed by atoms with van der Waals surface area (Å²) in [6.07, 6.45) is 5.18. The summed E-state index contributed by atoms with van der Waals surface area (Å²) in [7, 11) is 1.79. The first-order valence-corrected chi connectivity index (χ1v) is 5.93. The van der Waals surface area contributed by atoms with E-state index in [0.717, 1.165) is 24.8 Å². The van der Waals surface area contributed by atoms with Crippen molar-refractivity contribution in [2.45, 2.75) is 19.8 Å². The lowest BCUT2D eigenvalue weighted by atomic mass is 10.1. The van der Waals surface area contributed by atoms with E-state index >= 15 is 0 Å². The number of unbranched alkanes of at least 4 members (excludes halogenated alkanes) is 1. The Hall–Kier alpha value is -2.11. The lowest BCUT2D eigenvalue weighted by Gasteiger charge is -2.09. The Labute approximate surface area is 105 Å². The van der Waals surface area contributed by atoms with Gasteiger partial charge in [0.15, 0.2) is 5.65 Å². The monoisotopic (exact) mass is 248 g/mol. The molecular formula is C12H16N4O2. The number of nitrogens with one attached hydrogen (secondary N) is 1. The van der Waals surface area contributed by atoms with Crippen molar-refractivity contribution in [3.05, 3.63) is 18.0 Å². The zero-order valence-electron chi connectivity index (χ0n) is 10.5. The second kappa shape index (κ2) is 5.03. The number of carboxylic acid groups (broad SMARTS) is 1. The summed E-state index contributed by atoms with van der Waals surface area (Å²) in [6, 6.07) is 0. The number of nitrogens with zero attached hydrogens (tertiary/aromatic N) is 3. The molecule has 0 saturated heterocycles. The van der Waals surface area contributed by atoms with Gasteiger partial charge < -0.3 is 10.4 Å². The zero-order chi connectivity index (χ0) is 13.1. The summed E-state index contributed by atoms with van der Waals surface area (Å²) < 4.78 is 1.63. The fraction of sp³-hybridized carbons (Fsp3) is 0.417. The van der Waals surface area contributed by atoms with Gasteiger partial charge in [0.2, 0.25) is 0 Å². The molecular weight excluding hydrogens is 232 g/mol. The molecule has 0 spiro atoms. The number of hydrogen-bond acceptors (Lipinski definition) is 4. The average Bonchev–Trinajstić information content (AvgIpc) is 2.69. The normalized spacial score (nSPS) is 10.8. The van der Waals surface area contributed by atoms with Crippen LogP contribution in [0.1, 0.15) is 30.1 Å². The molecule has 2 aromatic heterocycles. The summed E-state index contributed by atoms with van der Waals surface area (Å²) >= 11 is 0. The standard InChI is InChI=1S/C12H16N4O2/c1-3-4-5-13-10-8(12(17)18)6-14-11-9(10)7-16(2)15-11/h6-7,13H,3-5H2,1-2H3,(H,17,18). The zero-order valence-corrected chi connectivity index (χ0v) is 10.5. The van der Waals surface area contributed by atoms with Crippen LogP contribution in [-0.4, -0.2) is 32.4 Å². The maximum absolute atomic E-state index is 11.2. The average molecular weight is 248 g/mol. The highest BCUT2D eigenvalue weighted by Gasteiger charge is 2.16. The number of fused-ring (bicyclic) bond motifs is 1. The number of aromatic nitrogens is 3. The van der Waals surface area contributed by atoms with Crippen molar-refractivity contribution in [2.24, 2.45) is 7.05 Å². The number of aryl methyl sites for hydroxylation is 1. The van der Waals surface area contributed by atoms with Crippen LogP contribution in [0.4, 0.5) is 5.69 Å². The molecule has 0 bridgehead atoms. The molecule has 0 saturated carbocycles. The van der Waals surface area contributed by atoms with E-state index in [1.165, 1.54) is 6.20 Å². The van der Waals surface area contributed by atoms with Gasteiger partial charge in [-0.3, -0.25) is 4.68 Å². The molecule has 2 N–H and O–H groups in total. The highest BCUT2D eigenvalue weighted by Crippen LogP contribution is 2.25. The summed E-state index contributed by atoms with van der Waals surface area (Å²) in [6.45, 7) is 2.83. The van der Waals surface area contributed by atoms with Crippen molar-refractivity contribution in [3.63, 3.8) is 0 Å². The van der Waals surface area contributed by atoms with Gasteiger partial charge in [0.1, 0.15) is 5.56 Å². The second-order valence-corrected chi connectivity index (χ2v) is 4.17. The molecule has 6 heteroatoms. The first-order chi connectivity index (χ1) is 8.63. The fourth-order valence-corrected chi connectivity index (χ4v) is 1.83. The minimum absolute atomic E-state index is 0.187.